The van der Waals surface area contributed by atoms with Crippen molar-refractivity contribution in [2.24, 2.45) is 0 Å². The van der Waals surface area contributed by atoms with Crippen LogP contribution in [-0.4, -0.2) is 4.98 Å². The lowest BCUT2D eigenvalue weighted by atomic mass is 10.1. The van der Waals surface area contributed by atoms with Crippen molar-refractivity contribution >= 4 is 22.5 Å². The number of benzene rings is 2. The van der Waals surface area contributed by atoms with Crippen LogP contribution in [0, 0.1) is 5.21 Å². The highest BCUT2D eigenvalue weighted by Gasteiger charge is 2.29. The van der Waals surface area contributed by atoms with Gasteiger partial charge in [-0.25, -0.2) is 4.73 Å². The summed E-state index contributed by atoms with van der Waals surface area (Å²) in [5, 5.41) is 13.3. The van der Waals surface area contributed by atoms with Crippen LogP contribution in [0.1, 0.15) is 5.82 Å². The minimum atomic E-state index is 0.110. The van der Waals surface area contributed by atoms with Gasteiger partial charge in [0.15, 0.2) is 5.52 Å². The molecular weight excluding hydrogens is 260 g/mol. The lowest BCUT2D eigenvalue weighted by Gasteiger charge is -2.10. The second-order valence-corrected chi connectivity index (χ2v) is 4.82. The molecule has 4 rings (SSSR count). The molecule has 2 aromatic carbocycles. The molecule has 0 radical (unpaired) electrons. The van der Waals surface area contributed by atoms with E-state index in [0.29, 0.717) is 11.5 Å². The summed E-state index contributed by atoms with van der Waals surface area (Å²) in [5.74, 6) is 0.455. The van der Waals surface area contributed by atoms with Crippen LogP contribution in [0.4, 0.5) is 0 Å². The highest BCUT2D eigenvalue weighted by atomic mass is 35.5. The second-order valence-electron chi connectivity index (χ2n) is 4.55. The van der Waals surface area contributed by atoms with Crippen molar-refractivity contribution in [3.8, 4) is 22.4 Å². The monoisotopic (exact) mass is 268 g/mol. The van der Waals surface area contributed by atoms with E-state index in [1.54, 1.807) is 0 Å². The maximum Gasteiger partial charge on any atom is 0.317 e. The van der Waals surface area contributed by atoms with Gasteiger partial charge in [0, 0.05) is 5.56 Å². The molecule has 0 unspecified atom stereocenters. The Balaban J connectivity index is 2.27. The molecule has 0 bridgehead atoms. The number of hydrogen-bond acceptors (Lipinski definition) is 2. The van der Waals surface area contributed by atoms with Crippen LogP contribution in [0.25, 0.3) is 33.3 Å². The number of aromatic nitrogens is 2. The summed E-state index contributed by atoms with van der Waals surface area (Å²) in [6, 6.07) is 13.8. The molecule has 0 atom stereocenters. The molecule has 4 heteroatoms. The van der Waals surface area contributed by atoms with Gasteiger partial charge in [-0.2, -0.15) is 0 Å². The molecule has 3 aromatic rings. The van der Waals surface area contributed by atoms with Crippen molar-refractivity contribution < 1.29 is 4.73 Å². The fourth-order valence-electron chi connectivity index (χ4n) is 2.77. The van der Waals surface area contributed by atoms with Crippen molar-refractivity contribution in [3.05, 3.63) is 53.5 Å². The Kier molecular flexibility index (Phi) is 2.09. The molecule has 0 fully saturated rings. The van der Waals surface area contributed by atoms with E-state index in [9.17, 15) is 5.21 Å². The third-order valence-electron chi connectivity index (χ3n) is 3.56. The second kappa shape index (κ2) is 3.68. The lowest BCUT2D eigenvalue weighted by molar-refractivity contribution is -0.603. The van der Waals surface area contributed by atoms with Crippen molar-refractivity contribution in [2.75, 3.05) is 0 Å². The molecular formula is C15H9ClN2O. The number of hydrogen-bond donors (Lipinski definition) is 0. The lowest BCUT2D eigenvalue weighted by Crippen LogP contribution is -2.35. The largest absolute Gasteiger partial charge is 0.710 e. The first-order chi connectivity index (χ1) is 9.31. The molecule has 19 heavy (non-hydrogen) atoms. The van der Waals surface area contributed by atoms with Gasteiger partial charge >= 0.3 is 5.82 Å². The summed E-state index contributed by atoms with van der Waals surface area (Å²) in [6.07, 6.45) is 0. The van der Waals surface area contributed by atoms with E-state index in [4.69, 9.17) is 11.6 Å². The third kappa shape index (κ3) is 1.28. The number of rotatable bonds is 1. The maximum atomic E-state index is 12.4. The SMILES string of the molecule is [O-][n+]1c(CCl)nc2cccc3c2c1-c1ccccc1-3. The van der Waals surface area contributed by atoms with E-state index in [1.807, 2.05) is 42.5 Å². The fourth-order valence-corrected chi connectivity index (χ4v) is 2.94. The van der Waals surface area contributed by atoms with Crippen molar-refractivity contribution in [1.29, 1.82) is 0 Å². The van der Waals surface area contributed by atoms with Crippen LogP contribution in [0.3, 0.4) is 0 Å². The van der Waals surface area contributed by atoms with Gasteiger partial charge in [-0.15, -0.1) is 11.6 Å². The van der Waals surface area contributed by atoms with Gasteiger partial charge in [0.05, 0.1) is 5.39 Å². The molecule has 1 heterocycles. The smallest absolute Gasteiger partial charge is 0.317 e. The number of alkyl halides is 1. The maximum absolute atomic E-state index is 12.4. The van der Waals surface area contributed by atoms with Crippen LogP contribution in [0.2, 0.25) is 0 Å². The van der Waals surface area contributed by atoms with E-state index in [-0.39, 0.29) is 5.88 Å². The summed E-state index contributed by atoms with van der Waals surface area (Å²) >= 11 is 5.82. The molecule has 1 aliphatic carbocycles. The molecule has 0 saturated heterocycles. The Morgan fingerprint density at radius 1 is 1.00 bits per heavy atom. The zero-order valence-corrected chi connectivity index (χ0v) is 10.7. The highest BCUT2D eigenvalue weighted by Crippen LogP contribution is 2.44. The number of nitrogens with zero attached hydrogens (tertiary/aromatic N) is 2. The molecule has 1 aliphatic rings. The summed E-state index contributed by atoms with van der Waals surface area (Å²) in [6.45, 7) is 0. The summed E-state index contributed by atoms with van der Waals surface area (Å²) in [7, 11) is 0. The van der Waals surface area contributed by atoms with Gasteiger partial charge in [0.1, 0.15) is 11.6 Å². The Labute approximate surface area is 114 Å². The topological polar surface area (TPSA) is 39.8 Å². The Hall–Kier alpha value is -2.13. The van der Waals surface area contributed by atoms with E-state index < -0.39 is 0 Å². The van der Waals surface area contributed by atoms with Crippen LogP contribution in [0.5, 0.6) is 0 Å². The van der Waals surface area contributed by atoms with Crippen LogP contribution in [-0.2, 0) is 5.88 Å². The van der Waals surface area contributed by atoms with Gasteiger partial charge in [0.2, 0.25) is 0 Å². The number of fused-ring (bicyclic) bond motifs is 3. The average Bonchev–Trinajstić information content (AvgIpc) is 2.79. The first-order valence-electron chi connectivity index (χ1n) is 6.02. The Morgan fingerprint density at radius 2 is 1.74 bits per heavy atom. The summed E-state index contributed by atoms with van der Waals surface area (Å²) < 4.78 is 0.866. The first kappa shape index (κ1) is 10.8. The predicted octanol–water partition coefficient (Wildman–Crippen LogP) is 3.25. The van der Waals surface area contributed by atoms with Gasteiger partial charge in [-0.05, 0) is 22.2 Å². The number of halogens is 1. The standard InChI is InChI=1S/C15H9ClN2O/c16-8-13-17-12-7-3-6-10-9-4-1-2-5-11(9)15(14(10)12)18(13)19/h1-7H,8H2. The molecule has 92 valence electrons. The third-order valence-corrected chi connectivity index (χ3v) is 3.80. The average molecular weight is 269 g/mol. The van der Waals surface area contributed by atoms with Crippen molar-refractivity contribution in [2.45, 2.75) is 5.88 Å². The van der Waals surface area contributed by atoms with E-state index >= 15 is 0 Å². The molecule has 0 amide bonds. The molecule has 1 aromatic heterocycles. The zero-order valence-electron chi connectivity index (χ0n) is 9.93. The van der Waals surface area contributed by atoms with Gasteiger partial charge in [-0.1, -0.05) is 36.4 Å². The predicted molar refractivity (Wildman–Crippen MR) is 74.7 cm³/mol. The van der Waals surface area contributed by atoms with Gasteiger partial charge in [0.25, 0.3) is 0 Å². The molecule has 0 aliphatic heterocycles. The molecule has 3 nitrogen and oxygen atoms in total. The van der Waals surface area contributed by atoms with E-state index in [0.717, 1.165) is 32.3 Å². The molecule has 0 saturated carbocycles. The van der Waals surface area contributed by atoms with E-state index in [2.05, 4.69) is 4.98 Å². The fraction of sp³-hybridized carbons (Fsp3) is 0.0667. The van der Waals surface area contributed by atoms with Gasteiger partial charge in [-0.3, -0.25) is 0 Å². The Morgan fingerprint density at radius 3 is 2.53 bits per heavy atom. The zero-order chi connectivity index (χ0) is 13.0. The van der Waals surface area contributed by atoms with Gasteiger partial charge < -0.3 is 5.21 Å². The summed E-state index contributed by atoms with van der Waals surface area (Å²) in [5.41, 5.74) is 4.61. The minimum Gasteiger partial charge on any atom is -0.710 e. The van der Waals surface area contributed by atoms with Crippen molar-refractivity contribution in [1.82, 2.24) is 4.98 Å². The van der Waals surface area contributed by atoms with Crippen molar-refractivity contribution in [3.63, 3.8) is 0 Å². The quantitative estimate of drug-likeness (QED) is 0.302. The van der Waals surface area contributed by atoms with Crippen LogP contribution in [0.15, 0.2) is 42.5 Å². The molecule has 0 N–H and O–H groups in total. The normalized spacial score (nSPS) is 11.8. The first-order valence-corrected chi connectivity index (χ1v) is 6.55. The van der Waals surface area contributed by atoms with E-state index in [1.165, 1.54) is 0 Å². The highest BCUT2D eigenvalue weighted by molar-refractivity contribution is 6.17. The minimum absolute atomic E-state index is 0.110. The van der Waals surface area contributed by atoms with Crippen LogP contribution >= 0.6 is 11.6 Å². The van der Waals surface area contributed by atoms with Crippen LogP contribution < -0.4 is 4.73 Å². The Bertz CT molecular complexity index is 830. The molecule has 0 spiro atoms. The summed E-state index contributed by atoms with van der Waals surface area (Å²) in [4.78, 5) is 4.36.